The number of primary sulfonamides is 1. The van der Waals surface area contributed by atoms with Crippen LogP contribution in [0.3, 0.4) is 0 Å². The quantitative estimate of drug-likeness (QED) is 0.135. The number of carboxylic acids is 1. The maximum Gasteiger partial charge on any atom is 0.329 e. The van der Waals surface area contributed by atoms with Crippen molar-refractivity contribution in [1.82, 2.24) is 20.6 Å². The normalized spacial score (nSPS) is 10.4. The number of carbonyl (C=O) groups is 3. The van der Waals surface area contributed by atoms with Crippen LogP contribution in [-0.4, -0.2) is 112 Å². The number of hydrogen-bond donors (Lipinski definition) is 5. The van der Waals surface area contributed by atoms with Gasteiger partial charge in [-0.1, -0.05) is 13.8 Å². The van der Waals surface area contributed by atoms with Crippen LogP contribution in [0.25, 0.3) is 0 Å². The fraction of sp³-hybridized carbons (Fsp3) is 0.500. The lowest BCUT2D eigenvalue weighted by atomic mass is 10.3. The molecule has 0 unspecified atom stereocenters. The van der Waals surface area contributed by atoms with Crippen LogP contribution >= 0.6 is 0 Å². The van der Waals surface area contributed by atoms with E-state index in [-0.39, 0.29) is 68.7 Å². The van der Waals surface area contributed by atoms with Crippen LogP contribution in [0.4, 0.5) is 0 Å². The van der Waals surface area contributed by atoms with Crippen molar-refractivity contribution in [3.05, 3.63) is 48.0 Å². The monoisotopic (exact) mass is 631 g/mol. The maximum absolute atomic E-state index is 11.8. The largest absolute Gasteiger partial charge is 0.508 e. The summed E-state index contributed by atoms with van der Waals surface area (Å²) >= 11 is 0. The molecule has 0 atom stereocenters. The molecule has 1 aromatic heterocycles. The van der Waals surface area contributed by atoms with E-state index in [2.05, 4.69) is 20.6 Å². The van der Waals surface area contributed by atoms with Crippen molar-refractivity contribution in [2.45, 2.75) is 25.7 Å². The van der Waals surface area contributed by atoms with Crippen molar-refractivity contribution in [2.75, 3.05) is 65.9 Å². The second-order valence-electron chi connectivity index (χ2n) is 7.89. The summed E-state index contributed by atoms with van der Waals surface area (Å²) in [6, 6.07) is 5.01. The first-order chi connectivity index (χ1) is 20.5. The summed E-state index contributed by atoms with van der Waals surface area (Å²) in [7, 11) is -3.63. The lowest BCUT2D eigenvalue weighted by molar-refractivity contribution is -0.142. The fourth-order valence-electron chi connectivity index (χ4n) is 2.56. The number of rotatable bonds is 18. The van der Waals surface area contributed by atoms with Gasteiger partial charge in [-0.3, -0.25) is 9.59 Å². The number of aliphatic carboxylic acids is 1. The van der Waals surface area contributed by atoms with E-state index in [4.69, 9.17) is 34.3 Å². The van der Waals surface area contributed by atoms with Gasteiger partial charge in [0.05, 0.1) is 50.1 Å². The molecule has 43 heavy (non-hydrogen) atoms. The predicted octanol–water partition coefficient (Wildman–Crippen LogP) is -0.152. The number of carboxylic acid groups (broad SMARTS) is 1. The molecule has 0 fully saturated rings. The summed E-state index contributed by atoms with van der Waals surface area (Å²) in [4.78, 5) is 41.5. The van der Waals surface area contributed by atoms with Crippen LogP contribution in [0.15, 0.2) is 41.6 Å². The van der Waals surface area contributed by atoms with E-state index in [1.54, 1.807) is 6.92 Å². The third-order valence-corrected chi connectivity index (χ3v) is 5.44. The number of nitrogens with two attached hydrogens (primary N) is 1. The average Bonchev–Trinajstić information content (AvgIpc) is 2.97. The molecule has 2 amide bonds. The van der Waals surface area contributed by atoms with E-state index in [9.17, 15) is 22.8 Å². The van der Waals surface area contributed by atoms with Crippen LogP contribution in [-0.2, 0) is 38.6 Å². The zero-order valence-electron chi connectivity index (χ0n) is 24.5. The van der Waals surface area contributed by atoms with Gasteiger partial charge >= 0.3 is 5.97 Å². The van der Waals surface area contributed by atoms with E-state index < -0.39 is 16.0 Å². The zero-order valence-corrected chi connectivity index (χ0v) is 25.3. The number of phenolic OH excluding ortho intramolecular Hbond substituents is 1. The molecule has 0 saturated carbocycles. The highest BCUT2D eigenvalue weighted by molar-refractivity contribution is 7.89. The summed E-state index contributed by atoms with van der Waals surface area (Å²) in [6.45, 7) is 7.45. The molecule has 2 aromatic rings. The number of sulfonamides is 1. The van der Waals surface area contributed by atoms with Crippen LogP contribution in [0, 0.1) is 6.92 Å². The predicted molar refractivity (Wildman–Crippen MR) is 154 cm³/mol. The van der Waals surface area contributed by atoms with Crippen LogP contribution in [0.5, 0.6) is 5.75 Å². The van der Waals surface area contributed by atoms with E-state index in [1.165, 1.54) is 36.7 Å². The summed E-state index contributed by atoms with van der Waals surface area (Å²) in [6.07, 6.45) is 2.92. The Labute approximate surface area is 251 Å². The van der Waals surface area contributed by atoms with Gasteiger partial charge in [0.1, 0.15) is 24.8 Å². The van der Waals surface area contributed by atoms with Gasteiger partial charge in [-0.15, -0.1) is 0 Å². The number of ether oxygens (including phenoxy) is 4. The molecule has 6 N–H and O–H groups in total. The van der Waals surface area contributed by atoms with E-state index in [1.807, 2.05) is 13.8 Å². The molecule has 0 aliphatic carbocycles. The van der Waals surface area contributed by atoms with Crippen LogP contribution < -0.4 is 15.8 Å². The molecule has 0 aliphatic rings. The highest BCUT2D eigenvalue weighted by Gasteiger charge is 2.06. The van der Waals surface area contributed by atoms with E-state index in [0.29, 0.717) is 31.1 Å². The van der Waals surface area contributed by atoms with Gasteiger partial charge in [0, 0.05) is 25.5 Å². The maximum atomic E-state index is 11.8. The molecule has 1 aromatic carbocycles. The summed E-state index contributed by atoms with van der Waals surface area (Å²) in [5.74, 6) is -0.987. The van der Waals surface area contributed by atoms with E-state index >= 15 is 0 Å². The molecule has 0 bridgehead atoms. The lowest BCUT2D eigenvalue weighted by Crippen LogP contribution is -2.31. The minimum atomic E-state index is -3.63. The van der Waals surface area contributed by atoms with Crippen molar-refractivity contribution < 1.29 is 52.0 Å². The number of nitrogens with zero attached hydrogens (tertiary/aromatic N) is 2. The molecular weight excluding hydrogens is 590 g/mol. The number of nitrogens with one attached hydrogen (secondary N) is 2. The summed E-state index contributed by atoms with van der Waals surface area (Å²) < 4.78 is 41.7. The number of carbonyl (C=O) groups excluding carboxylic acids is 2. The fourth-order valence-corrected chi connectivity index (χ4v) is 3.08. The molecule has 0 spiro atoms. The Bertz CT molecular complexity index is 1170. The Balaban J connectivity index is 0.00000112. The molecule has 2 rings (SSSR count). The third-order valence-electron chi connectivity index (χ3n) is 4.51. The highest BCUT2D eigenvalue weighted by Crippen LogP contribution is 2.12. The first-order valence-electron chi connectivity index (χ1n) is 13.2. The Hall–Kier alpha value is -3.74. The first-order valence-corrected chi connectivity index (χ1v) is 14.7. The Kier molecular flexibility index (Phi) is 21.7. The average molecular weight is 632 g/mol. The van der Waals surface area contributed by atoms with Gasteiger partial charge in [-0.25, -0.2) is 28.3 Å². The lowest BCUT2D eigenvalue weighted by Gasteiger charge is -2.08. The van der Waals surface area contributed by atoms with Gasteiger partial charge in [0.2, 0.25) is 15.9 Å². The van der Waals surface area contributed by atoms with Gasteiger partial charge in [-0.2, -0.15) is 0 Å². The number of hydrogen-bond acceptors (Lipinski definition) is 12. The van der Waals surface area contributed by atoms with Crippen molar-refractivity contribution in [1.29, 1.82) is 0 Å². The molecule has 17 heteroatoms. The number of aromatic hydroxyl groups is 1. The van der Waals surface area contributed by atoms with Gasteiger partial charge in [0.15, 0.2) is 0 Å². The molecule has 0 saturated heterocycles. The SMILES string of the molecule is CC.Cc1ncc(C(=O)NCCOCCOCC(=O)NCCOCCOCC(=O)O)cn1.NS(=O)(=O)c1ccc(O)cc1. The van der Waals surface area contributed by atoms with Gasteiger partial charge in [0.25, 0.3) is 5.91 Å². The number of aryl methyl sites for hydroxylation is 1. The Morgan fingerprint density at radius 2 is 1.30 bits per heavy atom. The second-order valence-corrected chi connectivity index (χ2v) is 9.45. The van der Waals surface area contributed by atoms with Crippen LogP contribution in [0.2, 0.25) is 0 Å². The zero-order chi connectivity index (χ0) is 32.5. The molecule has 16 nitrogen and oxygen atoms in total. The second kappa shape index (κ2) is 23.8. The standard InChI is InChI=1S/C18H28N4O8.C6H7NO3S.C2H6/c1-14-21-10-15(11-22-14)18(26)20-3-5-28-6-8-29-12-16(23)19-2-4-27-7-9-30-13-17(24)25;7-11(9,10)6-3-1-5(8)2-4-6;1-2/h10-11H,2-9,12-13H2,1H3,(H,19,23)(H,20,26)(H,24,25);1-4,8H,(H2,7,9,10);1-2H3. The molecule has 0 aliphatic heterocycles. The number of phenols is 1. The van der Waals surface area contributed by atoms with Crippen molar-refractivity contribution in [3.63, 3.8) is 0 Å². The minimum absolute atomic E-state index is 0.00435. The molecule has 242 valence electrons. The number of benzene rings is 1. The Morgan fingerprint density at radius 3 is 1.81 bits per heavy atom. The van der Waals surface area contributed by atoms with E-state index in [0.717, 1.165) is 0 Å². The van der Waals surface area contributed by atoms with Crippen molar-refractivity contribution in [3.8, 4) is 5.75 Å². The van der Waals surface area contributed by atoms with Gasteiger partial charge in [-0.05, 0) is 31.2 Å². The number of amides is 2. The first kappa shape index (κ1) is 39.3. The third kappa shape index (κ3) is 21.6. The van der Waals surface area contributed by atoms with Crippen molar-refractivity contribution in [2.24, 2.45) is 5.14 Å². The summed E-state index contributed by atoms with van der Waals surface area (Å²) in [5, 5.41) is 27.3. The topological polar surface area (TPSA) is 239 Å². The molecular formula is C26H41N5O11S. The van der Waals surface area contributed by atoms with Crippen molar-refractivity contribution >= 4 is 27.8 Å². The minimum Gasteiger partial charge on any atom is -0.508 e. The Morgan fingerprint density at radius 1 is 0.814 bits per heavy atom. The highest BCUT2D eigenvalue weighted by atomic mass is 32.2. The number of aromatic nitrogens is 2. The van der Waals surface area contributed by atoms with Gasteiger partial charge < -0.3 is 39.8 Å². The molecule has 1 heterocycles. The summed E-state index contributed by atoms with van der Waals surface area (Å²) in [5.41, 5.74) is 0.381. The smallest absolute Gasteiger partial charge is 0.329 e. The van der Waals surface area contributed by atoms with Crippen LogP contribution in [0.1, 0.15) is 30.0 Å². The molecule has 0 radical (unpaired) electrons.